The molecule has 0 spiro atoms. The minimum absolute atomic E-state index is 0.000354. The van der Waals surface area contributed by atoms with Gasteiger partial charge in [0.05, 0.1) is 16.7 Å². The fourth-order valence-corrected chi connectivity index (χ4v) is 7.16. The fraction of sp³-hybridized carbons (Fsp3) is 0.235. The Labute approximate surface area is 226 Å². The molecule has 6 aromatic rings. The zero-order chi connectivity index (χ0) is 26.7. The highest BCUT2D eigenvalue weighted by molar-refractivity contribution is 6.75. The molecule has 0 saturated carbocycles. The fourth-order valence-electron chi connectivity index (χ4n) is 5.72. The Morgan fingerprint density at radius 2 is 1.50 bits per heavy atom. The van der Waals surface area contributed by atoms with Gasteiger partial charge in [-0.25, -0.2) is 9.97 Å². The molecule has 6 rings (SSSR count). The first kappa shape index (κ1) is 24.6. The third-order valence-corrected chi connectivity index (χ3v) is 8.77. The van der Waals surface area contributed by atoms with Crippen molar-refractivity contribution in [3.8, 4) is 16.9 Å². The van der Waals surface area contributed by atoms with Gasteiger partial charge in [0.2, 0.25) is 0 Å². The summed E-state index contributed by atoms with van der Waals surface area (Å²) in [6.45, 7) is 14.2. The normalized spacial score (nSPS) is 12.6. The first-order chi connectivity index (χ1) is 18.1. The molecule has 0 fully saturated rings. The van der Waals surface area contributed by atoms with Gasteiger partial charge in [0.15, 0.2) is 0 Å². The highest BCUT2D eigenvalue weighted by Crippen LogP contribution is 2.39. The van der Waals surface area contributed by atoms with E-state index in [9.17, 15) is 0 Å². The smallest absolute Gasteiger partial charge is 0.116 e. The van der Waals surface area contributed by atoms with E-state index in [1.165, 1.54) is 32.8 Å². The van der Waals surface area contributed by atoms with Crippen molar-refractivity contribution in [2.24, 2.45) is 0 Å². The van der Waals surface area contributed by atoms with Crippen LogP contribution in [-0.4, -0.2) is 22.6 Å². The molecule has 0 aliphatic rings. The van der Waals surface area contributed by atoms with Crippen LogP contribution in [-0.2, 0) is 11.5 Å². The van der Waals surface area contributed by atoms with Gasteiger partial charge in [-0.15, -0.1) is 0 Å². The van der Waals surface area contributed by atoms with E-state index in [1.54, 1.807) is 6.33 Å². The highest BCUT2D eigenvalue weighted by atomic mass is 28.3. The molecule has 4 heteroatoms. The molecule has 4 aromatic carbocycles. The zero-order valence-corrected chi connectivity index (χ0v) is 24.2. The van der Waals surface area contributed by atoms with E-state index >= 15 is 0 Å². The monoisotopic (exact) mass is 513 g/mol. The zero-order valence-electron chi connectivity index (χ0n) is 23.2. The average Bonchev–Trinajstić information content (AvgIpc) is 3.20. The van der Waals surface area contributed by atoms with Crippen LogP contribution in [0.3, 0.4) is 0 Å². The number of para-hydroxylation sites is 1. The van der Waals surface area contributed by atoms with E-state index in [4.69, 9.17) is 9.97 Å². The Bertz CT molecular complexity index is 1800. The molecule has 38 heavy (non-hydrogen) atoms. The van der Waals surface area contributed by atoms with Crippen LogP contribution < -0.4 is 0 Å². The van der Waals surface area contributed by atoms with Crippen LogP contribution >= 0.6 is 0 Å². The van der Waals surface area contributed by atoms with Crippen molar-refractivity contribution in [3.05, 3.63) is 102 Å². The van der Waals surface area contributed by atoms with Crippen molar-refractivity contribution in [2.45, 2.75) is 51.9 Å². The molecule has 0 saturated heterocycles. The van der Waals surface area contributed by atoms with Crippen molar-refractivity contribution < 1.29 is 0 Å². The third kappa shape index (κ3) is 4.33. The predicted octanol–water partition coefficient (Wildman–Crippen LogP) is 9.11. The van der Waals surface area contributed by atoms with Crippen LogP contribution in [0, 0.1) is 0 Å². The SMILES string of the molecule is CC(C)(C)c1cc(-c2ncnc3c4ccc(C[Si](C)(C)C)cc4n(-c4ccccc4)c23)cc2ccccc12. The Morgan fingerprint density at radius 3 is 2.24 bits per heavy atom. The molecule has 3 nitrogen and oxygen atoms in total. The van der Waals surface area contributed by atoms with Gasteiger partial charge in [0.1, 0.15) is 11.8 Å². The molecule has 0 unspecified atom stereocenters. The number of fused-ring (bicyclic) bond motifs is 4. The second kappa shape index (κ2) is 8.92. The summed E-state index contributed by atoms with van der Waals surface area (Å²) in [5.41, 5.74) is 9.21. The minimum atomic E-state index is -1.27. The van der Waals surface area contributed by atoms with E-state index in [1.807, 2.05) is 0 Å². The molecule has 2 heterocycles. The Balaban J connectivity index is 1.72. The van der Waals surface area contributed by atoms with Crippen LogP contribution in [0.15, 0.2) is 91.3 Å². The summed E-state index contributed by atoms with van der Waals surface area (Å²) in [5.74, 6) is 0. The molecular formula is C34H35N3Si. The van der Waals surface area contributed by atoms with Crippen LogP contribution in [0.2, 0.25) is 19.6 Å². The maximum absolute atomic E-state index is 4.95. The second-order valence-corrected chi connectivity index (χ2v) is 18.1. The predicted molar refractivity (Wildman–Crippen MR) is 165 cm³/mol. The number of benzene rings is 4. The molecule has 2 aromatic heterocycles. The summed E-state index contributed by atoms with van der Waals surface area (Å²) >= 11 is 0. The lowest BCUT2D eigenvalue weighted by atomic mass is 9.82. The van der Waals surface area contributed by atoms with Gasteiger partial charge in [-0.3, -0.25) is 0 Å². The molecule has 0 bridgehead atoms. The summed E-state index contributed by atoms with van der Waals surface area (Å²) in [5, 5.41) is 3.71. The topological polar surface area (TPSA) is 30.7 Å². The van der Waals surface area contributed by atoms with Gasteiger partial charge in [-0.1, -0.05) is 95.0 Å². The number of hydrogen-bond acceptors (Lipinski definition) is 2. The largest absolute Gasteiger partial charge is 0.306 e. The van der Waals surface area contributed by atoms with Crippen molar-refractivity contribution in [3.63, 3.8) is 0 Å². The van der Waals surface area contributed by atoms with E-state index < -0.39 is 8.07 Å². The summed E-state index contributed by atoms with van der Waals surface area (Å²) in [7, 11) is -1.27. The summed E-state index contributed by atoms with van der Waals surface area (Å²) < 4.78 is 2.37. The van der Waals surface area contributed by atoms with Crippen molar-refractivity contribution >= 4 is 40.8 Å². The number of hydrogen-bond donors (Lipinski definition) is 0. The van der Waals surface area contributed by atoms with Gasteiger partial charge < -0.3 is 4.57 Å². The highest BCUT2D eigenvalue weighted by Gasteiger charge is 2.23. The minimum Gasteiger partial charge on any atom is -0.306 e. The number of nitrogens with zero attached hydrogens (tertiary/aromatic N) is 3. The third-order valence-electron chi connectivity index (χ3n) is 7.30. The van der Waals surface area contributed by atoms with Gasteiger partial charge >= 0.3 is 0 Å². The molecule has 0 aliphatic carbocycles. The van der Waals surface area contributed by atoms with Crippen LogP contribution in [0.4, 0.5) is 0 Å². The van der Waals surface area contributed by atoms with Crippen LogP contribution in [0.5, 0.6) is 0 Å². The van der Waals surface area contributed by atoms with E-state index in [2.05, 4.69) is 130 Å². The maximum atomic E-state index is 4.95. The lowest BCUT2D eigenvalue weighted by Gasteiger charge is -2.23. The first-order valence-corrected chi connectivity index (χ1v) is 17.2. The Kier molecular flexibility index (Phi) is 5.76. The van der Waals surface area contributed by atoms with Crippen molar-refractivity contribution in [2.75, 3.05) is 0 Å². The number of aromatic nitrogens is 3. The molecule has 0 radical (unpaired) electrons. The average molecular weight is 514 g/mol. The van der Waals surface area contributed by atoms with Gasteiger partial charge in [0, 0.05) is 24.7 Å². The first-order valence-electron chi connectivity index (χ1n) is 13.5. The molecule has 0 amide bonds. The standard InChI is InChI=1S/C34H35N3Si/c1-34(2,3)29-20-25(19-24-12-10-11-15-27(24)29)31-33-32(36-22-35-31)28-17-16-23(21-38(4,5)6)18-30(28)37(33)26-13-8-7-9-14-26/h7-20,22H,21H2,1-6H3. The maximum Gasteiger partial charge on any atom is 0.116 e. The van der Waals surface area contributed by atoms with E-state index in [0.29, 0.717) is 0 Å². The number of rotatable bonds is 4. The molecule has 190 valence electrons. The van der Waals surface area contributed by atoms with Crippen LogP contribution in [0.25, 0.3) is 49.7 Å². The van der Waals surface area contributed by atoms with Gasteiger partial charge in [0.25, 0.3) is 0 Å². The molecular weight excluding hydrogens is 478 g/mol. The Morgan fingerprint density at radius 1 is 0.763 bits per heavy atom. The van der Waals surface area contributed by atoms with Gasteiger partial charge in [-0.2, -0.15) is 0 Å². The van der Waals surface area contributed by atoms with Crippen molar-refractivity contribution in [1.29, 1.82) is 0 Å². The summed E-state index contributed by atoms with van der Waals surface area (Å²) in [6, 6.07) is 32.1. The molecule has 0 atom stereocenters. The van der Waals surface area contributed by atoms with Crippen LogP contribution in [0.1, 0.15) is 31.9 Å². The quantitative estimate of drug-likeness (QED) is 0.220. The lowest BCUT2D eigenvalue weighted by Crippen LogP contribution is -2.23. The Hall–Kier alpha value is -3.76. The summed E-state index contributed by atoms with van der Waals surface area (Å²) in [6.07, 6.45) is 1.73. The second-order valence-electron chi connectivity index (χ2n) is 12.7. The van der Waals surface area contributed by atoms with Gasteiger partial charge in [-0.05, 0) is 63.7 Å². The molecule has 0 aliphatic heterocycles. The van der Waals surface area contributed by atoms with E-state index in [-0.39, 0.29) is 5.41 Å². The molecule has 0 N–H and O–H groups in total. The van der Waals surface area contributed by atoms with E-state index in [0.717, 1.165) is 34.0 Å². The van der Waals surface area contributed by atoms with Crippen molar-refractivity contribution in [1.82, 2.24) is 14.5 Å². The lowest BCUT2D eigenvalue weighted by molar-refractivity contribution is 0.596. The summed E-state index contributed by atoms with van der Waals surface area (Å²) in [4.78, 5) is 9.80.